The smallest absolute Gasteiger partial charge is 0.407 e. The Morgan fingerprint density at radius 2 is 1.83 bits per heavy atom. The lowest BCUT2D eigenvalue weighted by molar-refractivity contribution is -0.489. The van der Waals surface area contributed by atoms with Gasteiger partial charge in [0.2, 0.25) is 6.54 Å². The lowest BCUT2D eigenvalue weighted by atomic mass is 9.89. The topological polar surface area (TPSA) is 108 Å². The summed E-state index contributed by atoms with van der Waals surface area (Å²) in [6.07, 6.45) is -0.274. The van der Waals surface area contributed by atoms with Crippen molar-refractivity contribution in [1.82, 2.24) is 5.32 Å². The number of nitrogens with one attached hydrogen (secondary N) is 1. The van der Waals surface area contributed by atoms with Crippen LogP contribution in [0.15, 0.2) is 0 Å². The quantitative estimate of drug-likeness (QED) is 0.391. The predicted octanol–water partition coefficient (Wildman–Crippen LogP) is 2.77. The van der Waals surface area contributed by atoms with E-state index in [1.165, 1.54) is 0 Å². The van der Waals surface area contributed by atoms with Gasteiger partial charge < -0.3 is 14.8 Å². The van der Waals surface area contributed by atoms with Crippen molar-refractivity contribution in [3.8, 4) is 0 Å². The summed E-state index contributed by atoms with van der Waals surface area (Å²) in [4.78, 5) is 34.3. The Morgan fingerprint density at radius 1 is 1.25 bits per heavy atom. The molecule has 0 aromatic rings. The van der Waals surface area contributed by atoms with Crippen LogP contribution < -0.4 is 5.32 Å². The van der Waals surface area contributed by atoms with Gasteiger partial charge in [0.15, 0.2) is 0 Å². The molecular weight excluding hydrogens is 316 g/mol. The molecule has 0 unspecified atom stereocenters. The lowest BCUT2D eigenvalue weighted by Crippen LogP contribution is -2.46. The summed E-state index contributed by atoms with van der Waals surface area (Å²) >= 11 is 0. The first-order valence-corrected chi connectivity index (χ1v) is 8.21. The first kappa shape index (κ1) is 22.1. The molecule has 0 spiro atoms. The van der Waals surface area contributed by atoms with E-state index in [-0.39, 0.29) is 18.9 Å². The van der Waals surface area contributed by atoms with Crippen molar-refractivity contribution < 1.29 is 24.0 Å². The summed E-state index contributed by atoms with van der Waals surface area (Å²) in [6.45, 7) is 10.5. The number of ether oxygens (including phenoxy) is 2. The summed E-state index contributed by atoms with van der Waals surface area (Å²) in [6, 6.07) is -0.547. The van der Waals surface area contributed by atoms with E-state index in [0.29, 0.717) is 6.42 Å². The second-order valence-electron chi connectivity index (χ2n) is 7.17. The predicted molar refractivity (Wildman–Crippen MR) is 89.2 cm³/mol. The number of alkyl carbamates (subject to hydrolysis) is 1. The molecule has 0 saturated carbocycles. The Kier molecular flexibility index (Phi) is 9.32. The van der Waals surface area contributed by atoms with Crippen LogP contribution in [0.4, 0.5) is 4.79 Å². The number of nitrogens with zero attached hydrogens (tertiary/aromatic N) is 1. The molecule has 2 atom stereocenters. The minimum absolute atomic E-state index is 0.123. The highest BCUT2D eigenvalue weighted by molar-refractivity contribution is 5.70. The molecule has 1 amide bonds. The van der Waals surface area contributed by atoms with Gasteiger partial charge in [-0.05, 0) is 40.0 Å². The largest absolute Gasteiger partial charge is 0.466 e. The Balaban J connectivity index is 5.16. The van der Waals surface area contributed by atoms with Crippen LogP contribution in [0.1, 0.15) is 54.4 Å². The van der Waals surface area contributed by atoms with Gasteiger partial charge in [-0.15, -0.1) is 0 Å². The standard InChI is InChI=1S/C16H30N2O6/c1-7-23-14(19)9-12(10-18(21)22)13(8-11(2)3)17-15(20)24-16(4,5)6/h11-13H,7-10H2,1-6H3,(H,17,20)/t12-,13+/m1/s1. The first-order valence-electron chi connectivity index (χ1n) is 8.21. The third-order valence-corrected chi connectivity index (χ3v) is 3.11. The Hall–Kier alpha value is -1.86. The van der Waals surface area contributed by atoms with Gasteiger partial charge in [0.05, 0.1) is 18.9 Å². The van der Waals surface area contributed by atoms with Crippen LogP contribution in [0.3, 0.4) is 0 Å². The van der Waals surface area contributed by atoms with Gasteiger partial charge >= 0.3 is 12.1 Å². The molecule has 0 aromatic heterocycles. The zero-order valence-corrected chi connectivity index (χ0v) is 15.5. The van der Waals surface area contributed by atoms with Crippen molar-refractivity contribution in [2.75, 3.05) is 13.2 Å². The second-order valence-corrected chi connectivity index (χ2v) is 7.17. The van der Waals surface area contributed by atoms with Crippen LogP contribution in [-0.4, -0.2) is 41.8 Å². The van der Waals surface area contributed by atoms with E-state index >= 15 is 0 Å². The molecule has 0 saturated heterocycles. The lowest BCUT2D eigenvalue weighted by Gasteiger charge is -2.28. The average molecular weight is 346 g/mol. The summed E-state index contributed by atoms with van der Waals surface area (Å²) in [7, 11) is 0. The maximum Gasteiger partial charge on any atom is 0.407 e. The molecule has 8 nitrogen and oxygen atoms in total. The average Bonchev–Trinajstić information content (AvgIpc) is 2.33. The van der Waals surface area contributed by atoms with E-state index in [9.17, 15) is 19.7 Å². The van der Waals surface area contributed by atoms with Crippen LogP contribution in [0.2, 0.25) is 0 Å². The van der Waals surface area contributed by atoms with E-state index in [1.54, 1.807) is 27.7 Å². The fourth-order valence-electron chi connectivity index (χ4n) is 2.30. The maximum absolute atomic E-state index is 12.0. The molecule has 0 aliphatic rings. The van der Waals surface area contributed by atoms with Crippen LogP contribution >= 0.6 is 0 Å². The molecule has 0 aromatic carbocycles. The van der Waals surface area contributed by atoms with Gasteiger partial charge in [-0.25, -0.2) is 4.79 Å². The van der Waals surface area contributed by atoms with Crippen LogP contribution in [-0.2, 0) is 14.3 Å². The summed E-state index contributed by atoms with van der Waals surface area (Å²) in [5.74, 6) is -0.987. The van der Waals surface area contributed by atoms with Gasteiger partial charge in [0, 0.05) is 11.0 Å². The SMILES string of the molecule is CCOC(=O)C[C@H](C[N+](=O)[O-])[C@H](CC(C)C)NC(=O)OC(C)(C)C. The fourth-order valence-corrected chi connectivity index (χ4v) is 2.30. The molecular formula is C16H30N2O6. The third kappa shape index (κ3) is 10.8. The number of carbonyl (C=O) groups excluding carboxylic acids is 2. The molecule has 0 heterocycles. The summed E-state index contributed by atoms with van der Waals surface area (Å²) in [5.41, 5.74) is -0.674. The number of nitro groups is 1. The molecule has 0 fully saturated rings. The van der Waals surface area contributed by atoms with Gasteiger partial charge in [0.25, 0.3) is 0 Å². The number of amides is 1. The van der Waals surface area contributed by atoms with Crippen molar-refractivity contribution in [3.05, 3.63) is 10.1 Å². The van der Waals surface area contributed by atoms with Crippen LogP contribution in [0.25, 0.3) is 0 Å². The van der Waals surface area contributed by atoms with Crippen molar-refractivity contribution >= 4 is 12.1 Å². The molecule has 140 valence electrons. The summed E-state index contributed by atoms with van der Waals surface area (Å²) in [5, 5.41) is 13.6. The molecule has 0 aliphatic heterocycles. The minimum atomic E-state index is -0.674. The van der Waals surface area contributed by atoms with E-state index in [1.807, 2.05) is 13.8 Å². The van der Waals surface area contributed by atoms with Crippen LogP contribution in [0.5, 0.6) is 0 Å². The molecule has 0 bridgehead atoms. The van der Waals surface area contributed by atoms with Gasteiger partial charge in [-0.2, -0.15) is 0 Å². The molecule has 1 N–H and O–H groups in total. The van der Waals surface area contributed by atoms with Crippen molar-refractivity contribution in [1.29, 1.82) is 0 Å². The zero-order chi connectivity index (χ0) is 18.9. The highest BCUT2D eigenvalue weighted by Crippen LogP contribution is 2.19. The number of esters is 1. The monoisotopic (exact) mass is 346 g/mol. The number of rotatable bonds is 9. The molecule has 0 aliphatic carbocycles. The first-order chi connectivity index (χ1) is 10.9. The van der Waals surface area contributed by atoms with Crippen molar-refractivity contribution in [3.63, 3.8) is 0 Å². The highest BCUT2D eigenvalue weighted by atomic mass is 16.6. The van der Waals surface area contributed by atoms with Crippen molar-refractivity contribution in [2.24, 2.45) is 11.8 Å². The van der Waals surface area contributed by atoms with E-state index in [0.717, 1.165) is 0 Å². The highest BCUT2D eigenvalue weighted by Gasteiger charge is 2.32. The fraction of sp³-hybridized carbons (Fsp3) is 0.875. The van der Waals surface area contributed by atoms with Gasteiger partial charge in [-0.1, -0.05) is 13.8 Å². The maximum atomic E-state index is 12.0. The summed E-state index contributed by atoms with van der Waals surface area (Å²) < 4.78 is 10.1. The van der Waals surface area contributed by atoms with Gasteiger partial charge in [-0.3, -0.25) is 14.9 Å². The van der Waals surface area contributed by atoms with Crippen molar-refractivity contribution in [2.45, 2.75) is 66.0 Å². The van der Waals surface area contributed by atoms with E-state index < -0.39 is 41.1 Å². The van der Waals surface area contributed by atoms with E-state index in [2.05, 4.69) is 5.32 Å². The molecule has 8 heteroatoms. The van der Waals surface area contributed by atoms with Gasteiger partial charge in [0.1, 0.15) is 5.60 Å². The normalized spacial score (nSPS) is 14.0. The molecule has 24 heavy (non-hydrogen) atoms. The van der Waals surface area contributed by atoms with E-state index in [4.69, 9.17) is 9.47 Å². The molecule has 0 radical (unpaired) electrons. The number of hydrogen-bond acceptors (Lipinski definition) is 6. The second kappa shape index (κ2) is 10.1. The number of hydrogen-bond donors (Lipinski definition) is 1. The zero-order valence-electron chi connectivity index (χ0n) is 15.5. The number of carbonyl (C=O) groups is 2. The minimum Gasteiger partial charge on any atom is -0.466 e. The Bertz CT molecular complexity index is 431. The Morgan fingerprint density at radius 3 is 2.25 bits per heavy atom. The Labute approximate surface area is 143 Å². The molecule has 0 rings (SSSR count). The third-order valence-electron chi connectivity index (χ3n) is 3.11. The van der Waals surface area contributed by atoms with Crippen LogP contribution in [0, 0.1) is 22.0 Å².